The minimum absolute atomic E-state index is 0.419. The fraction of sp³-hybridized carbons (Fsp3) is 0.571. The highest BCUT2D eigenvalue weighted by Crippen LogP contribution is 2.43. The van der Waals surface area contributed by atoms with Gasteiger partial charge in [-0.1, -0.05) is 25.6 Å². The van der Waals surface area contributed by atoms with Crippen molar-refractivity contribution >= 4 is 23.0 Å². The number of hydrogen-bond acceptors (Lipinski definition) is 3. The van der Waals surface area contributed by atoms with Gasteiger partial charge in [0, 0.05) is 12.7 Å². The summed E-state index contributed by atoms with van der Waals surface area (Å²) in [4.78, 5) is 4.80. The summed E-state index contributed by atoms with van der Waals surface area (Å²) in [6.07, 6.45) is 6.99. The molecule has 1 aliphatic rings. The van der Waals surface area contributed by atoms with Gasteiger partial charge < -0.3 is 11.1 Å². The molecule has 0 atom stereocenters. The van der Waals surface area contributed by atoms with Crippen LogP contribution in [0.3, 0.4) is 0 Å². The summed E-state index contributed by atoms with van der Waals surface area (Å²) in [6, 6.07) is 1.94. The highest BCUT2D eigenvalue weighted by molar-refractivity contribution is 7.80. The van der Waals surface area contributed by atoms with E-state index in [0.717, 1.165) is 23.5 Å². The summed E-state index contributed by atoms with van der Waals surface area (Å²) in [6.45, 7) is 5.24. The molecule has 18 heavy (non-hydrogen) atoms. The molecule has 0 saturated heterocycles. The number of thiocarbonyl (C=S) groups is 1. The van der Waals surface area contributed by atoms with Gasteiger partial charge in [0.2, 0.25) is 0 Å². The van der Waals surface area contributed by atoms with Gasteiger partial charge in [0.1, 0.15) is 10.8 Å². The van der Waals surface area contributed by atoms with E-state index in [2.05, 4.69) is 17.2 Å². The smallest absolute Gasteiger partial charge is 0.136 e. The lowest BCUT2D eigenvalue weighted by Crippen LogP contribution is -2.36. The van der Waals surface area contributed by atoms with Crippen LogP contribution in [0, 0.1) is 12.3 Å². The summed E-state index contributed by atoms with van der Waals surface area (Å²) in [7, 11) is 0. The highest BCUT2D eigenvalue weighted by atomic mass is 32.1. The predicted molar refractivity (Wildman–Crippen MR) is 79.9 cm³/mol. The maximum Gasteiger partial charge on any atom is 0.136 e. The normalized spacial score (nSPS) is 17.0. The molecule has 1 aliphatic carbocycles. The van der Waals surface area contributed by atoms with Crippen molar-refractivity contribution in [1.82, 2.24) is 4.98 Å². The van der Waals surface area contributed by atoms with Crippen LogP contribution in [0.5, 0.6) is 0 Å². The molecule has 1 aromatic heterocycles. The van der Waals surface area contributed by atoms with E-state index >= 15 is 0 Å². The molecule has 2 rings (SSSR count). The average Bonchev–Trinajstić information content (AvgIpc) is 2.27. The third-order valence-electron chi connectivity index (χ3n) is 4.20. The molecule has 1 fully saturated rings. The molecule has 3 nitrogen and oxygen atoms in total. The van der Waals surface area contributed by atoms with Gasteiger partial charge in [0.25, 0.3) is 0 Å². The van der Waals surface area contributed by atoms with Gasteiger partial charge >= 0.3 is 0 Å². The van der Waals surface area contributed by atoms with Crippen molar-refractivity contribution in [3.05, 3.63) is 23.4 Å². The van der Waals surface area contributed by atoms with E-state index in [4.69, 9.17) is 18.0 Å². The molecule has 0 aliphatic heterocycles. The van der Waals surface area contributed by atoms with Crippen LogP contribution in [-0.4, -0.2) is 16.5 Å². The third-order valence-corrected chi connectivity index (χ3v) is 4.40. The molecule has 0 aromatic carbocycles. The zero-order valence-corrected chi connectivity index (χ0v) is 11.9. The summed E-state index contributed by atoms with van der Waals surface area (Å²) in [5.41, 5.74) is 8.21. The maximum atomic E-state index is 5.79. The standard InChI is InChI=1S/C14H21N3S/c1-3-14(6-4-7-14)9-17-13-11(12(15)18)10(2)5-8-16-13/h5,8H,3-4,6-7,9H2,1-2H3,(H2,15,18)(H,16,17). The van der Waals surface area contributed by atoms with Crippen molar-refractivity contribution in [2.75, 3.05) is 11.9 Å². The second-order valence-corrected chi connectivity index (χ2v) is 5.72. The molecule has 0 amide bonds. The van der Waals surface area contributed by atoms with E-state index in [1.54, 1.807) is 6.20 Å². The number of nitrogens with two attached hydrogens (primary N) is 1. The minimum atomic E-state index is 0.419. The van der Waals surface area contributed by atoms with Crippen LogP contribution in [0.2, 0.25) is 0 Å². The zero-order valence-electron chi connectivity index (χ0n) is 11.1. The average molecular weight is 263 g/mol. The van der Waals surface area contributed by atoms with Crippen molar-refractivity contribution < 1.29 is 0 Å². The molecular weight excluding hydrogens is 242 g/mol. The molecule has 0 spiro atoms. The van der Waals surface area contributed by atoms with E-state index < -0.39 is 0 Å². The maximum absolute atomic E-state index is 5.79. The number of anilines is 1. The lowest BCUT2D eigenvalue weighted by Gasteiger charge is -2.41. The van der Waals surface area contributed by atoms with Crippen LogP contribution < -0.4 is 11.1 Å². The van der Waals surface area contributed by atoms with Gasteiger partial charge in [0.15, 0.2) is 0 Å². The first kappa shape index (κ1) is 13.3. The molecule has 1 aromatic rings. The first-order valence-electron chi connectivity index (χ1n) is 6.57. The van der Waals surface area contributed by atoms with E-state index in [1.165, 1.54) is 25.7 Å². The Labute approximate surface area is 114 Å². The SMILES string of the molecule is CCC1(CNc2nccc(C)c2C(N)=S)CCC1. The molecule has 0 bridgehead atoms. The topological polar surface area (TPSA) is 50.9 Å². The van der Waals surface area contributed by atoms with Gasteiger partial charge in [-0.2, -0.15) is 0 Å². The molecule has 98 valence electrons. The van der Waals surface area contributed by atoms with E-state index in [1.807, 2.05) is 13.0 Å². The summed E-state index contributed by atoms with van der Waals surface area (Å²) in [5, 5.41) is 3.45. The van der Waals surface area contributed by atoms with Crippen LogP contribution in [0.25, 0.3) is 0 Å². The second-order valence-electron chi connectivity index (χ2n) is 5.28. The number of pyridine rings is 1. The van der Waals surface area contributed by atoms with E-state index in [-0.39, 0.29) is 0 Å². The fourth-order valence-corrected chi connectivity index (χ4v) is 2.86. The molecule has 0 unspecified atom stereocenters. The fourth-order valence-electron chi connectivity index (χ4n) is 2.61. The molecule has 1 heterocycles. The lowest BCUT2D eigenvalue weighted by molar-refractivity contribution is 0.145. The van der Waals surface area contributed by atoms with Gasteiger partial charge in [0.05, 0.1) is 5.56 Å². The van der Waals surface area contributed by atoms with Crippen molar-refractivity contribution in [3.8, 4) is 0 Å². The van der Waals surface area contributed by atoms with Crippen LogP contribution in [0.1, 0.15) is 43.7 Å². The first-order chi connectivity index (χ1) is 8.58. The van der Waals surface area contributed by atoms with Crippen LogP contribution in [-0.2, 0) is 0 Å². The Morgan fingerprint density at radius 2 is 2.28 bits per heavy atom. The predicted octanol–water partition coefficient (Wildman–Crippen LogP) is 3.02. The van der Waals surface area contributed by atoms with Gasteiger partial charge in [-0.05, 0) is 43.2 Å². The van der Waals surface area contributed by atoms with Crippen LogP contribution in [0.15, 0.2) is 12.3 Å². The van der Waals surface area contributed by atoms with Crippen molar-refractivity contribution in [2.45, 2.75) is 39.5 Å². The van der Waals surface area contributed by atoms with Gasteiger partial charge in [-0.3, -0.25) is 0 Å². The summed E-state index contributed by atoms with van der Waals surface area (Å²) in [5.74, 6) is 0.835. The Morgan fingerprint density at radius 1 is 1.56 bits per heavy atom. The lowest BCUT2D eigenvalue weighted by atomic mass is 9.67. The number of rotatable bonds is 5. The van der Waals surface area contributed by atoms with Gasteiger partial charge in [-0.25, -0.2) is 4.98 Å². The molecule has 3 N–H and O–H groups in total. The molecular formula is C14H21N3S. The van der Waals surface area contributed by atoms with E-state index in [9.17, 15) is 0 Å². The van der Waals surface area contributed by atoms with Crippen LogP contribution in [0.4, 0.5) is 5.82 Å². The number of nitrogens with zero attached hydrogens (tertiary/aromatic N) is 1. The molecule has 4 heteroatoms. The summed E-state index contributed by atoms with van der Waals surface area (Å²) >= 11 is 5.11. The molecule has 0 radical (unpaired) electrons. The Balaban J connectivity index is 2.14. The minimum Gasteiger partial charge on any atom is -0.389 e. The van der Waals surface area contributed by atoms with Crippen molar-refractivity contribution in [1.29, 1.82) is 0 Å². The van der Waals surface area contributed by atoms with Crippen molar-refractivity contribution in [3.63, 3.8) is 0 Å². The second kappa shape index (κ2) is 5.22. The number of aryl methyl sites for hydroxylation is 1. The quantitative estimate of drug-likeness (QED) is 0.802. The zero-order chi connectivity index (χ0) is 13.2. The number of aromatic nitrogens is 1. The third kappa shape index (κ3) is 2.48. The van der Waals surface area contributed by atoms with E-state index in [0.29, 0.717) is 10.4 Å². The molecule has 1 saturated carbocycles. The van der Waals surface area contributed by atoms with Crippen LogP contribution >= 0.6 is 12.2 Å². The number of hydrogen-bond donors (Lipinski definition) is 2. The largest absolute Gasteiger partial charge is 0.389 e. The Hall–Kier alpha value is -1.16. The first-order valence-corrected chi connectivity index (χ1v) is 6.98. The number of nitrogens with one attached hydrogen (secondary N) is 1. The summed E-state index contributed by atoms with van der Waals surface area (Å²) < 4.78 is 0. The van der Waals surface area contributed by atoms with Gasteiger partial charge in [-0.15, -0.1) is 0 Å². The Bertz CT molecular complexity index is 447. The Morgan fingerprint density at radius 3 is 2.78 bits per heavy atom. The monoisotopic (exact) mass is 263 g/mol. The van der Waals surface area contributed by atoms with Crippen molar-refractivity contribution in [2.24, 2.45) is 11.1 Å². The highest BCUT2D eigenvalue weighted by Gasteiger charge is 2.34. The Kier molecular flexibility index (Phi) is 3.85.